The Morgan fingerprint density at radius 2 is 1.15 bits per heavy atom. The molecule has 2 aromatic carbocycles. The van der Waals surface area contributed by atoms with Gasteiger partial charge >= 0.3 is 12.2 Å². The Hall–Kier alpha value is -5.86. The molecule has 3 aliphatic heterocycles. The fraction of sp³-hybridized carbons (Fsp3) is 0.511. The second kappa shape index (κ2) is 17.0. The Morgan fingerprint density at radius 3 is 1.67 bits per heavy atom. The summed E-state index contributed by atoms with van der Waals surface area (Å²) < 4.78 is 16.2. The van der Waals surface area contributed by atoms with Crippen molar-refractivity contribution in [2.75, 3.05) is 27.3 Å². The number of imidazole rings is 2. The van der Waals surface area contributed by atoms with E-state index in [-0.39, 0.29) is 35.7 Å². The lowest BCUT2D eigenvalue weighted by Gasteiger charge is -2.31. The number of carbonyl (C=O) groups is 4. The second-order valence-corrected chi connectivity index (χ2v) is 17.0. The van der Waals surface area contributed by atoms with E-state index in [4.69, 9.17) is 24.2 Å². The van der Waals surface area contributed by atoms with Gasteiger partial charge in [-0.1, -0.05) is 37.8 Å². The molecule has 2 saturated heterocycles. The molecule has 4 amide bonds. The van der Waals surface area contributed by atoms with E-state index in [1.54, 1.807) is 0 Å². The van der Waals surface area contributed by atoms with E-state index in [2.05, 4.69) is 38.8 Å². The molecule has 2 aliphatic carbocycles. The van der Waals surface area contributed by atoms with E-state index in [1.807, 2.05) is 40.4 Å². The van der Waals surface area contributed by atoms with Gasteiger partial charge in [-0.3, -0.25) is 9.59 Å². The normalized spacial score (nSPS) is 21.2. The Bertz CT molecular complexity index is 2080. The molecule has 5 heterocycles. The Kier molecular flexibility index (Phi) is 11.2. The van der Waals surface area contributed by atoms with Crippen molar-refractivity contribution in [3.63, 3.8) is 0 Å². The van der Waals surface area contributed by atoms with Crippen molar-refractivity contribution in [2.45, 2.75) is 108 Å². The fourth-order valence-corrected chi connectivity index (χ4v) is 10.3. The SMILES string of the molecule is COC(=O)N[C@H](C(=O)N1CCC[C@H]1c1ncc(-c2ccc3c(c2)Cc2ccc(-c4cnc([C@@H]5CCCN5C(=O)[C@@H](NC(=O)OC)C5CCCC5)[nH]4)cc2O3)[nH]1)C1CCCC1. The van der Waals surface area contributed by atoms with Crippen LogP contribution in [0.2, 0.25) is 0 Å². The van der Waals surface area contributed by atoms with Gasteiger partial charge in [0.05, 0.1) is 50.1 Å². The predicted molar refractivity (Wildman–Crippen MR) is 221 cm³/mol. The third-order valence-corrected chi connectivity index (χ3v) is 13.4. The smallest absolute Gasteiger partial charge is 0.407 e. The number of ether oxygens (including phenoxy) is 3. The van der Waals surface area contributed by atoms with Crippen molar-refractivity contribution < 1.29 is 33.4 Å². The van der Waals surface area contributed by atoms with Gasteiger partial charge in [0, 0.05) is 30.6 Å². The van der Waals surface area contributed by atoms with Crippen molar-refractivity contribution in [3.8, 4) is 34.0 Å². The first-order valence-corrected chi connectivity index (χ1v) is 21.6. The monoisotopic (exact) mass is 818 g/mol. The number of methoxy groups -OCH3 is 2. The number of alkyl carbamates (subject to hydrolysis) is 2. The minimum atomic E-state index is -0.609. The highest BCUT2D eigenvalue weighted by molar-refractivity contribution is 5.87. The summed E-state index contributed by atoms with van der Waals surface area (Å²) in [7, 11) is 2.65. The predicted octanol–water partition coefficient (Wildman–Crippen LogP) is 7.32. The number of hydrogen-bond acceptors (Lipinski definition) is 9. The van der Waals surface area contributed by atoms with Crippen LogP contribution in [0.4, 0.5) is 9.59 Å². The summed E-state index contributed by atoms with van der Waals surface area (Å²) in [6.45, 7) is 1.22. The highest BCUT2D eigenvalue weighted by atomic mass is 16.5. The number of aromatic amines is 2. The second-order valence-electron chi connectivity index (χ2n) is 17.0. The molecule has 0 bridgehead atoms. The van der Waals surface area contributed by atoms with Crippen molar-refractivity contribution in [3.05, 3.63) is 71.6 Å². The molecule has 316 valence electrons. The molecule has 15 nitrogen and oxygen atoms in total. The lowest BCUT2D eigenvalue weighted by molar-refractivity contribution is -0.136. The third-order valence-electron chi connectivity index (χ3n) is 13.4. The van der Waals surface area contributed by atoms with E-state index in [0.29, 0.717) is 19.5 Å². The molecule has 4 aromatic rings. The molecule has 2 aromatic heterocycles. The van der Waals surface area contributed by atoms with Crippen LogP contribution in [0.3, 0.4) is 0 Å². The van der Waals surface area contributed by atoms with E-state index < -0.39 is 24.3 Å². The maximum absolute atomic E-state index is 14.0. The molecular weight excluding hydrogens is 765 g/mol. The zero-order chi connectivity index (χ0) is 41.3. The van der Waals surface area contributed by atoms with Gasteiger partial charge in [0.15, 0.2) is 0 Å². The van der Waals surface area contributed by atoms with Crippen LogP contribution in [0.25, 0.3) is 22.5 Å². The zero-order valence-electron chi connectivity index (χ0n) is 34.3. The number of H-pyrrole nitrogens is 2. The van der Waals surface area contributed by atoms with Gasteiger partial charge in [0.1, 0.15) is 35.2 Å². The van der Waals surface area contributed by atoms with Crippen molar-refractivity contribution in [2.24, 2.45) is 11.8 Å². The van der Waals surface area contributed by atoms with Crippen molar-refractivity contribution in [1.82, 2.24) is 40.4 Å². The number of nitrogens with one attached hydrogen (secondary N) is 4. The van der Waals surface area contributed by atoms with E-state index in [0.717, 1.165) is 134 Å². The topological polar surface area (TPSA) is 184 Å². The summed E-state index contributed by atoms with van der Waals surface area (Å²) in [4.78, 5) is 72.7. The molecule has 4 atom stereocenters. The first kappa shape index (κ1) is 39.6. The van der Waals surface area contributed by atoms with Gasteiger partial charge in [0.2, 0.25) is 11.8 Å². The summed E-state index contributed by atoms with van der Waals surface area (Å²) in [5.41, 5.74) is 5.72. The zero-order valence-corrected chi connectivity index (χ0v) is 34.3. The van der Waals surface area contributed by atoms with E-state index in [1.165, 1.54) is 14.2 Å². The van der Waals surface area contributed by atoms with Crippen LogP contribution in [0, 0.1) is 11.8 Å². The number of nitrogens with zero attached hydrogens (tertiary/aromatic N) is 4. The fourth-order valence-electron chi connectivity index (χ4n) is 10.3. The van der Waals surface area contributed by atoms with Crippen LogP contribution in [0.15, 0.2) is 48.8 Å². The average Bonchev–Trinajstić information content (AvgIpc) is 4.13. The van der Waals surface area contributed by atoms with Crippen LogP contribution in [-0.4, -0.2) is 93.1 Å². The minimum absolute atomic E-state index is 0.0697. The number of benzene rings is 2. The van der Waals surface area contributed by atoms with Crippen molar-refractivity contribution in [1.29, 1.82) is 0 Å². The maximum atomic E-state index is 14.0. The largest absolute Gasteiger partial charge is 0.457 e. The number of aromatic nitrogens is 4. The average molecular weight is 819 g/mol. The molecule has 4 fully saturated rings. The quantitative estimate of drug-likeness (QED) is 0.112. The molecule has 4 N–H and O–H groups in total. The Labute approximate surface area is 349 Å². The molecule has 5 aliphatic rings. The highest BCUT2D eigenvalue weighted by Crippen LogP contribution is 2.42. The number of likely N-dealkylation sites (tertiary alicyclic amines) is 2. The molecular formula is C45H54N8O7. The summed E-state index contributed by atoms with van der Waals surface area (Å²) in [5, 5.41) is 5.69. The lowest BCUT2D eigenvalue weighted by Crippen LogP contribution is -2.51. The Morgan fingerprint density at radius 1 is 0.650 bits per heavy atom. The van der Waals surface area contributed by atoms with Crippen LogP contribution in [0.5, 0.6) is 11.5 Å². The Balaban J connectivity index is 0.873. The molecule has 0 spiro atoms. The summed E-state index contributed by atoms with van der Waals surface area (Å²) in [6, 6.07) is 10.7. The first-order valence-electron chi connectivity index (χ1n) is 21.6. The molecule has 9 rings (SSSR count). The van der Waals surface area contributed by atoms with Crippen LogP contribution >= 0.6 is 0 Å². The number of fused-ring (bicyclic) bond motifs is 2. The van der Waals surface area contributed by atoms with Gasteiger partial charge in [-0.25, -0.2) is 19.6 Å². The molecule has 0 unspecified atom stereocenters. The van der Waals surface area contributed by atoms with Crippen molar-refractivity contribution >= 4 is 24.0 Å². The standard InChI is InChI=1S/C45H54N8O7/c1-58-44(56)50-38(26-9-3-4-10-26)42(54)52-19-7-13-34(52)40-46-24-32(48-40)28-17-18-36-31(21-28)22-30-16-15-29(23-37(30)60-36)33-25-47-41(49-33)35-14-8-20-53(35)43(55)39(51-45(57)59-2)27-11-5-6-12-27/h15-18,21,23-27,34-35,38-39H,3-14,19-20,22H2,1-2H3,(H,46,48)(H,47,49)(H,50,56)(H,51,57)/t34-,35-,38-,39-/m0/s1. The minimum Gasteiger partial charge on any atom is -0.457 e. The van der Waals surface area contributed by atoms with Gasteiger partial charge in [-0.15, -0.1) is 0 Å². The first-order chi connectivity index (χ1) is 29.3. The molecule has 15 heteroatoms. The summed E-state index contributed by atoms with van der Waals surface area (Å²) in [5.74, 6) is 3.09. The molecule has 60 heavy (non-hydrogen) atoms. The number of amides is 4. The maximum Gasteiger partial charge on any atom is 0.407 e. The summed E-state index contributed by atoms with van der Waals surface area (Å²) >= 11 is 0. The third kappa shape index (κ3) is 7.81. The van der Waals surface area contributed by atoms with Gasteiger partial charge in [-0.2, -0.15) is 0 Å². The van der Waals surface area contributed by atoms with Crippen LogP contribution in [-0.2, 0) is 25.5 Å². The number of rotatable bonds is 10. The number of carbonyl (C=O) groups excluding carboxylic acids is 4. The van der Waals surface area contributed by atoms with E-state index >= 15 is 0 Å². The lowest BCUT2D eigenvalue weighted by atomic mass is 9.96. The van der Waals surface area contributed by atoms with Gasteiger partial charge in [0.25, 0.3) is 0 Å². The van der Waals surface area contributed by atoms with Crippen LogP contribution in [0.1, 0.15) is 112 Å². The van der Waals surface area contributed by atoms with Gasteiger partial charge in [-0.05, 0) is 98.6 Å². The highest BCUT2D eigenvalue weighted by Gasteiger charge is 2.42. The van der Waals surface area contributed by atoms with Crippen LogP contribution < -0.4 is 15.4 Å². The summed E-state index contributed by atoms with van der Waals surface area (Å²) in [6.07, 6.45) is 14.3. The number of hydrogen-bond donors (Lipinski definition) is 4. The molecule has 0 radical (unpaired) electrons. The van der Waals surface area contributed by atoms with E-state index in [9.17, 15) is 19.2 Å². The van der Waals surface area contributed by atoms with Gasteiger partial charge < -0.3 is 44.6 Å². The molecule has 2 saturated carbocycles.